The number of thioether (sulfide) groups is 1. The van der Waals surface area contributed by atoms with Crippen molar-refractivity contribution in [2.24, 2.45) is 0 Å². The van der Waals surface area contributed by atoms with Crippen LogP contribution in [-0.4, -0.2) is 45.3 Å². The van der Waals surface area contributed by atoms with Gasteiger partial charge in [-0.1, -0.05) is 42.2 Å². The number of amides is 2. The van der Waals surface area contributed by atoms with Crippen LogP contribution in [0, 0.1) is 0 Å². The highest BCUT2D eigenvalue weighted by atomic mass is 32.2. The number of thiocarbonyl (C=S) groups is 1. The highest BCUT2D eigenvalue weighted by Gasteiger charge is 2.33. The Kier molecular flexibility index (Phi) is 6.86. The van der Waals surface area contributed by atoms with Crippen LogP contribution in [0.15, 0.2) is 53.4 Å². The predicted molar refractivity (Wildman–Crippen MR) is 120 cm³/mol. The number of nitrogens with one attached hydrogen (secondary N) is 1. The predicted octanol–water partition coefficient (Wildman–Crippen LogP) is 3.62. The van der Waals surface area contributed by atoms with Gasteiger partial charge in [0.05, 0.1) is 17.1 Å². The number of ether oxygens (including phenoxy) is 1. The maximum atomic E-state index is 12.7. The van der Waals surface area contributed by atoms with Crippen molar-refractivity contribution in [1.82, 2.24) is 4.90 Å². The number of nitrogens with zero attached hydrogens (tertiary/aromatic N) is 1. The maximum Gasteiger partial charge on any atom is 0.335 e. The zero-order chi connectivity index (χ0) is 21.7. The molecule has 0 aromatic heterocycles. The SMILES string of the molecule is CCOc1ccc(/C=C2\SC(=S)N(CC(=O)Nc3cccc(C(=O)O)c3)C2=O)cc1. The van der Waals surface area contributed by atoms with Gasteiger partial charge < -0.3 is 15.2 Å². The first-order chi connectivity index (χ1) is 14.4. The third-order valence-electron chi connectivity index (χ3n) is 4.06. The summed E-state index contributed by atoms with van der Waals surface area (Å²) in [5.41, 5.74) is 1.20. The van der Waals surface area contributed by atoms with Crippen LogP contribution >= 0.6 is 24.0 Å². The zero-order valence-corrected chi connectivity index (χ0v) is 17.6. The Morgan fingerprint density at radius 3 is 2.63 bits per heavy atom. The standard InChI is InChI=1S/C21H18N2O5S2/c1-2-28-16-8-6-13(7-9-16)10-17-19(25)23(21(29)30-17)12-18(24)22-15-5-3-4-14(11-15)20(26)27/h3-11H,2,12H2,1H3,(H,22,24)(H,26,27)/b17-10-. The minimum atomic E-state index is -1.09. The van der Waals surface area contributed by atoms with E-state index < -0.39 is 11.9 Å². The number of carboxylic acids is 1. The Labute approximate surface area is 182 Å². The number of aromatic carboxylic acids is 1. The highest BCUT2D eigenvalue weighted by Crippen LogP contribution is 2.32. The molecule has 9 heteroatoms. The lowest BCUT2D eigenvalue weighted by atomic mass is 10.2. The van der Waals surface area contributed by atoms with Gasteiger partial charge in [0, 0.05) is 5.69 Å². The third kappa shape index (κ3) is 5.25. The zero-order valence-electron chi connectivity index (χ0n) is 16.0. The lowest BCUT2D eigenvalue weighted by molar-refractivity contribution is -0.126. The van der Waals surface area contributed by atoms with E-state index in [0.717, 1.165) is 23.1 Å². The van der Waals surface area contributed by atoms with E-state index in [0.29, 0.717) is 17.2 Å². The van der Waals surface area contributed by atoms with Gasteiger partial charge >= 0.3 is 5.97 Å². The lowest BCUT2D eigenvalue weighted by Crippen LogP contribution is -2.36. The van der Waals surface area contributed by atoms with Crippen LogP contribution in [0.4, 0.5) is 5.69 Å². The molecule has 0 radical (unpaired) electrons. The molecule has 3 rings (SSSR count). The van der Waals surface area contributed by atoms with Gasteiger partial charge in [0.1, 0.15) is 16.6 Å². The van der Waals surface area contributed by atoms with Crippen molar-refractivity contribution < 1.29 is 24.2 Å². The van der Waals surface area contributed by atoms with E-state index in [1.807, 2.05) is 31.2 Å². The normalized spacial score (nSPS) is 14.8. The molecular formula is C21H18N2O5S2. The van der Waals surface area contributed by atoms with Gasteiger partial charge in [-0.2, -0.15) is 0 Å². The first-order valence-corrected chi connectivity index (χ1v) is 10.2. The molecule has 7 nitrogen and oxygen atoms in total. The second-order valence-electron chi connectivity index (χ2n) is 6.20. The Hall–Kier alpha value is -3.17. The van der Waals surface area contributed by atoms with Crippen LogP contribution in [0.5, 0.6) is 5.75 Å². The van der Waals surface area contributed by atoms with Crippen molar-refractivity contribution in [3.05, 3.63) is 64.6 Å². The van der Waals surface area contributed by atoms with Crippen molar-refractivity contribution >= 4 is 57.8 Å². The summed E-state index contributed by atoms with van der Waals surface area (Å²) in [7, 11) is 0. The second-order valence-corrected chi connectivity index (χ2v) is 7.88. The molecule has 0 aliphatic carbocycles. The number of carbonyl (C=O) groups excluding carboxylic acids is 2. The monoisotopic (exact) mass is 442 g/mol. The quantitative estimate of drug-likeness (QED) is 0.499. The van der Waals surface area contributed by atoms with E-state index in [4.69, 9.17) is 22.1 Å². The topological polar surface area (TPSA) is 95.9 Å². The number of carbonyl (C=O) groups is 3. The molecule has 2 aromatic rings. The molecule has 2 amide bonds. The molecule has 1 aliphatic rings. The van der Waals surface area contributed by atoms with Crippen molar-refractivity contribution in [1.29, 1.82) is 0 Å². The first-order valence-electron chi connectivity index (χ1n) is 8.99. The molecule has 2 aromatic carbocycles. The number of hydrogen-bond donors (Lipinski definition) is 2. The van der Waals surface area contributed by atoms with E-state index >= 15 is 0 Å². The van der Waals surface area contributed by atoms with Crippen molar-refractivity contribution in [3.8, 4) is 5.75 Å². The molecule has 1 saturated heterocycles. The van der Waals surface area contributed by atoms with E-state index in [1.165, 1.54) is 23.1 Å². The minimum Gasteiger partial charge on any atom is -0.494 e. The summed E-state index contributed by atoms with van der Waals surface area (Å²) >= 11 is 6.38. The molecule has 1 heterocycles. The Balaban J connectivity index is 1.66. The van der Waals surface area contributed by atoms with Crippen molar-refractivity contribution in [2.75, 3.05) is 18.5 Å². The molecule has 0 unspecified atom stereocenters. The number of hydrogen-bond acceptors (Lipinski definition) is 6. The van der Waals surface area contributed by atoms with Crippen LogP contribution in [-0.2, 0) is 9.59 Å². The van der Waals surface area contributed by atoms with Gasteiger partial charge in [0.25, 0.3) is 5.91 Å². The Bertz CT molecular complexity index is 1030. The average Bonchev–Trinajstić information content (AvgIpc) is 2.97. The molecule has 30 heavy (non-hydrogen) atoms. The fourth-order valence-corrected chi connectivity index (χ4v) is 3.94. The second kappa shape index (κ2) is 9.55. The molecule has 0 saturated carbocycles. The summed E-state index contributed by atoms with van der Waals surface area (Å²) in [5, 5.41) is 11.6. The smallest absolute Gasteiger partial charge is 0.335 e. The van der Waals surface area contributed by atoms with Crippen LogP contribution in [0.25, 0.3) is 6.08 Å². The van der Waals surface area contributed by atoms with E-state index in [2.05, 4.69) is 5.32 Å². The van der Waals surface area contributed by atoms with Crippen LogP contribution < -0.4 is 10.1 Å². The summed E-state index contributed by atoms with van der Waals surface area (Å²) in [5.74, 6) is -1.18. The third-order valence-corrected chi connectivity index (χ3v) is 5.44. The fourth-order valence-electron chi connectivity index (χ4n) is 2.69. The number of carboxylic acid groups (broad SMARTS) is 1. The van der Waals surface area contributed by atoms with E-state index in [9.17, 15) is 14.4 Å². The summed E-state index contributed by atoms with van der Waals surface area (Å²) in [6.07, 6.45) is 1.71. The van der Waals surface area contributed by atoms with Crippen LogP contribution in [0.1, 0.15) is 22.8 Å². The van der Waals surface area contributed by atoms with Gasteiger partial charge in [-0.15, -0.1) is 0 Å². The van der Waals surface area contributed by atoms with Gasteiger partial charge in [-0.05, 0) is 48.9 Å². The largest absolute Gasteiger partial charge is 0.494 e. The average molecular weight is 443 g/mol. The molecule has 2 N–H and O–H groups in total. The highest BCUT2D eigenvalue weighted by molar-refractivity contribution is 8.26. The molecule has 0 spiro atoms. The molecule has 0 bridgehead atoms. The number of benzene rings is 2. The fraction of sp³-hybridized carbons (Fsp3) is 0.143. The van der Waals surface area contributed by atoms with Crippen molar-refractivity contribution in [3.63, 3.8) is 0 Å². The van der Waals surface area contributed by atoms with Gasteiger partial charge in [0.15, 0.2) is 0 Å². The summed E-state index contributed by atoms with van der Waals surface area (Å²) in [6.45, 7) is 2.21. The number of rotatable bonds is 7. The maximum absolute atomic E-state index is 12.7. The van der Waals surface area contributed by atoms with Gasteiger partial charge in [-0.25, -0.2) is 4.79 Å². The number of anilines is 1. The van der Waals surface area contributed by atoms with Gasteiger partial charge in [0.2, 0.25) is 5.91 Å². The summed E-state index contributed by atoms with van der Waals surface area (Å²) in [4.78, 5) is 37.7. The molecule has 154 valence electrons. The summed E-state index contributed by atoms with van der Waals surface area (Å²) < 4.78 is 5.68. The van der Waals surface area contributed by atoms with E-state index in [-0.39, 0.29) is 22.3 Å². The Morgan fingerprint density at radius 2 is 1.97 bits per heavy atom. The summed E-state index contributed by atoms with van der Waals surface area (Å²) in [6, 6.07) is 13.2. The Morgan fingerprint density at radius 1 is 1.23 bits per heavy atom. The van der Waals surface area contributed by atoms with Crippen molar-refractivity contribution in [2.45, 2.75) is 6.92 Å². The van der Waals surface area contributed by atoms with E-state index in [1.54, 1.807) is 12.1 Å². The lowest BCUT2D eigenvalue weighted by Gasteiger charge is -2.14. The minimum absolute atomic E-state index is 0.0525. The molecular weight excluding hydrogens is 424 g/mol. The molecule has 1 aliphatic heterocycles. The first kappa shape index (κ1) is 21.5. The van der Waals surface area contributed by atoms with Gasteiger partial charge in [-0.3, -0.25) is 14.5 Å². The van der Waals surface area contributed by atoms with Crippen LogP contribution in [0.2, 0.25) is 0 Å². The molecule has 0 atom stereocenters. The van der Waals surface area contributed by atoms with Crippen LogP contribution in [0.3, 0.4) is 0 Å². The molecule has 1 fully saturated rings.